The summed E-state index contributed by atoms with van der Waals surface area (Å²) in [5.74, 6) is 0.387. The SMILES string of the molecule is CC(=O)NC(COC(C)(C)C)C(=O)N1CCC2(CCN(C(=O)COc3ccccc3C)CC2)C1. The summed E-state index contributed by atoms with van der Waals surface area (Å²) in [6, 6.07) is 6.99. The van der Waals surface area contributed by atoms with E-state index in [0.717, 1.165) is 30.6 Å². The third-order valence-electron chi connectivity index (χ3n) is 6.73. The molecule has 188 valence electrons. The van der Waals surface area contributed by atoms with Crippen molar-refractivity contribution in [3.8, 4) is 5.75 Å². The second kappa shape index (κ2) is 10.8. The Morgan fingerprint density at radius 1 is 1.06 bits per heavy atom. The molecule has 1 aromatic carbocycles. The second-order valence-corrected chi connectivity index (χ2v) is 10.6. The number of hydrogen-bond acceptors (Lipinski definition) is 5. The van der Waals surface area contributed by atoms with Gasteiger partial charge in [-0.3, -0.25) is 14.4 Å². The predicted molar refractivity (Wildman–Crippen MR) is 129 cm³/mol. The molecule has 1 aromatic rings. The Balaban J connectivity index is 1.51. The first-order valence-corrected chi connectivity index (χ1v) is 12.1. The van der Waals surface area contributed by atoms with Gasteiger partial charge in [-0.15, -0.1) is 0 Å². The average molecular weight is 474 g/mol. The van der Waals surface area contributed by atoms with Crippen molar-refractivity contribution in [2.75, 3.05) is 39.4 Å². The highest BCUT2D eigenvalue weighted by atomic mass is 16.5. The summed E-state index contributed by atoms with van der Waals surface area (Å²) in [5.41, 5.74) is 0.634. The molecule has 2 aliphatic heterocycles. The highest BCUT2D eigenvalue weighted by Gasteiger charge is 2.44. The minimum atomic E-state index is -0.688. The largest absolute Gasteiger partial charge is 0.484 e. The highest BCUT2D eigenvalue weighted by Crippen LogP contribution is 2.40. The molecule has 8 nitrogen and oxygen atoms in total. The second-order valence-electron chi connectivity index (χ2n) is 10.6. The van der Waals surface area contributed by atoms with Gasteiger partial charge in [-0.25, -0.2) is 0 Å². The number of carbonyl (C=O) groups is 3. The lowest BCUT2D eigenvalue weighted by Gasteiger charge is -2.39. The fourth-order valence-electron chi connectivity index (χ4n) is 4.68. The van der Waals surface area contributed by atoms with Gasteiger partial charge in [-0.1, -0.05) is 18.2 Å². The molecule has 34 heavy (non-hydrogen) atoms. The number of amides is 3. The molecule has 3 rings (SSSR count). The van der Waals surface area contributed by atoms with Gasteiger partial charge in [-0.2, -0.15) is 0 Å². The van der Waals surface area contributed by atoms with Crippen molar-refractivity contribution in [3.05, 3.63) is 29.8 Å². The Morgan fingerprint density at radius 3 is 2.26 bits per heavy atom. The number of carbonyl (C=O) groups excluding carboxylic acids is 3. The molecule has 2 saturated heterocycles. The molecule has 0 aromatic heterocycles. The molecule has 1 unspecified atom stereocenters. The molecule has 1 atom stereocenters. The van der Waals surface area contributed by atoms with Crippen LogP contribution in [0.4, 0.5) is 0 Å². The topological polar surface area (TPSA) is 88.2 Å². The zero-order valence-corrected chi connectivity index (χ0v) is 21.2. The quantitative estimate of drug-likeness (QED) is 0.658. The van der Waals surface area contributed by atoms with Gasteiger partial charge in [-0.05, 0) is 64.0 Å². The Hall–Kier alpha value is -2.61. The molecule has 3 amide bonds. The molecule has 0 radical (unpaired) electrons. The van der Waals surface area contributed by atoms with E-state index in [1.165, 1.54) is 6.92 Å². The first kappa shape index (κ1) is 26.0. The maximum atomic E-state index is 13.2. The van der Waals surface area contributed by atoms with Gasteiger partial charge in [0.1, 0.15) is 11.8 Å². The number of ether oxygens (including phenoxy) is 2. The number of aryl methyl sites for hydroxylation is 1. The van der Waals surface area contributed by atoms with Crippen molar-refractivity contribution in [1.29, 1.82) is 0 Å². The van der Waals surface area contributed by atoms with Crippen LogP contribution in [0, 0.1) is 12.3 Å². The van der Waals surface area contributed by atoms with E-state index in [9.17, 15) is 14.4 Å². The number of para-hydroxylation sites is 1. The van der Waals surface area contributed by atoms with Gasteiger partial charge in [0.2, 0.25) is 11.8 Å². The van der Waals surface area contributed by atoms with Crippen molar-refractivity contribution < 1.29 is 23.9 Å². The van der Waals surface area contributed by atoms with Crippen LogP contribution in [0.25, 0.3) is 0 Å². The third-order valence-corrected chi connectivity index (χ3v) is 6.73. The van der Waals surface area contributed by atoms with Crippen LogP contribution in [0.3, 0.4) is 0 Å². The third kappa shape index (κ3) is 6.95. The van der Waals surface area contributed by atoms with E-state index in [1.54, 1.807) is 0 Å². The van der Waals surface area contributed by atoms with Crippen molar-refractivity contribution in [2.24, 2.45) is 5.41 Å². The number of nitrogens with zero attached hydrogens (tertiary/aromatic N) is 2. The minimum absolute atomic E-state index is 0.00548. The maximum Gasteiger partial charge on any atom is 0.260 e. The number of piperidine rings is 1. The lowest BCUT2D eigenvalue weighted by molar-refractivity contribution is -0.140. The van der Waals surface area contributed by atoms with Crippen LogP contribution in [0.1, 0.15) is 52.5 Å². The molecule has 2 heterocycles. The summed E-state index contributed by atoms with van der Waals surface area (Å²) in [4.78, 5) is 41.3. The van der Waals surface area contributed by atoms with Crippen molar-refractivity contribution in [3.63, 3.8) is 0 Å². The Labute approximate surface area is 202 Å². The molecule has 8 heteroatoms. The zero-order valence-electron chi connectivity index (χ0n) is 21.2. The first-order valence-electron chi connectivity index (χ1n) is 12.1. The molecule has 0 saturated carbocycles. The molecule has 1 spiro atoms. The number of nitrogens with one attached hydrogen (secondary N) is 1. The smallest absolute Gasteiger partial charge is 0.260 e. The molecule has 1 N–H and O–H groups in total. The van der Waals surface area contributed by atoms with Gasteiger partial charge >= 0.3 is 0 Å². The van der Waals surface area contributed by atoms with Crippen LogP contribution < -0.4 is 10.1 Å². The van der Waals surface area contributed by atoms with E-state index in [1.807, 2.05) is 61.8 Å². The maximum absolute atomic E-state index is 13.2. The Morgan fingerprint density at radius 2 is 1.68 bits per heavy atom. The van der Waals surface area contributed by atoms with Crippen LogP contribution in [0.5, 0.6) is 5.75 Å². The molecule has 0 aliphatic carbocycles. The molecule has 2 fully saturated rings. The highest BCUT2D eigenvalue weighted by molar-refractivity contribution is 5.87. The lowest BCUT2D eigenvalue weighted by Crippen LogP contribution is -2.51. The van der Waals surface area contributed by atoms with Gasteiger partial charge in [0.05, 0.1) is 12.2 Å². The van der Waals surface area contributed by atoms with Crippen LogP contribution >= 0.6 is 0 Å². The van der Waals surface area contributed by atoms with E-state index in [-0.39, 0.29) is 36.4 Å². The molecule has 2 aliphatic rings. The van der Waals surface area contributed by atoms with Crippen molar-refractivity contribution in [1.82, 2.24) is 15.1 Å². The predicted octanol–water partition coefficient (Wildman–Crippen LogP) is 2.53. The van der Waals surface area contributed by atoms with Crippen LogP contribution in [0.2, 0.25) is 0 Å². The lowest BCUT2D eigenvalue weighted by atomic mass is 9.78. The summed E-state index contributed by atoms with van der Waals surface area (Å²) in [5, 5.41) is 2.75. The van der Waals surface area contributed by atoms with Crippen LogP contribution in [-0.2, 0) is 19.1 Å². The normalized spacial score (nSPS) is 18.6. The average Bonchev–Trinajstić information content (AvgIpc) is 3.18. The van der Waals surface area contributed by atoms with Gasteiger partial charge in [0, 0.05) is 33.1 Å². The van der Waals surface area contributed by atoms with E-state index in [4.69, 9.17) is 9.47 Å². The van der Waals surface area contributed by atoms with E-state index >= 15 is 0 Å². The van der Waals surface area contributed by atoms with E-state index in [2.05, 4.69) is 5.32 Å². The van der Waals surface area contributed by atoms with E-state index < -0.39 is 11.6 Å². The summed E-state index contributed by atoms with van der Waals surface area (Å²) < 4.78 is 11.5. The summed E-state index contributed by atoms with van der Waals surface area (Å²) in [7, 11) is 0. The van der Waals surface area contributed by atoms with Crippen LogP contribution in [0.15, 0.2) is 24.3 Å². The number of benzene rings is 1. The fourth-order valence-corrected chi connectivity index (χ4v) is 4.68. The molecular formula is C26H39N3O5. The number of hydrogen-bond donors (Lipinski definition) is 1. The molecular weight excluding hydrogens is 434 g/mol. The van der Waals surface area contributed by atoms with Crippen molar-refractivity contribution in [2.45, 2.75) is 65.5 Å². The van der Waals surface area contributed by atoms with Gasteiger partial charge in [0.15, 0.2) is 6.61 Å². The molecule has 0 bridgehead atoms. The number of rotatable bonds is 7. The summed E-state index contributed by atoms with van der Waals surface area (Å²) in [6.07, 6.45) is 2.62. The monoisotopic (exact) mass is 473 g/mol. The standard InChI is InChI=1S/C26H39N3O5/c1-19-8-6-7-9-22(19)33-17-23(31)28-13-10-26(11-14-28)12-15-29(18-26)24(32)21(27-20(2)30)16-34-25(3,4)5/h6-9,21H,10-18H2,1-5H3,(H,27,30). The fraction of sp³-hybridized carbons (Fsp3) is 0.654. The van der Waals surface area contributed by atoms with E-state index in [0.29, 0.717) is 26.2 Å². The van der Waals surface area contributed by atoms with Gasteiger partial charge in [0.25, 0.3) is 5.91 Å². The summed E-state index contributed by atoms with van der Waals surface area (Å²) in [6.45, 7) is 12.0. The Bertz CT molecular complexity index is 887. The van der Waals surface area contributed by atoms with Crippen LogP contribution in [-0.4, -0.2) is 78.6 Å². The van der Waals surface area contributed by atoms with Gasteiger partial charge < -0.3 is 24.6 Å². The Kier molecular flexibility index (Phi) is 8.23. The minimum Gasteiger partial charge on any atom is -0.484 e. The number of likely N-dealkylation sites (tertiary alicyclic amines) is 2. The van der Waals surface area contributed by atoms with Crippen molar-refractivity contribution >= 4 is 17.7 Å². The summed E-state index contributed by atoms with van der Waals surface area (Å²) >= 11 is 0. The zero-order chi connectivity index (χ0) is 24.9. The first-order chi connectivity index (χ1) is 16.0.